The molecule has 0 bridgehead atoms. The lowest BCUT2D eigenvalue weighted by Gasteiger charge is -2.29. The van der Waals surface area contributed by atoms with E-state index >= 15 is 0 Å². The van der Waals surface area contributed by atoms with Crippen LogP contribution in [-0.4, -0.2) is 24.0 Å². The molecule has 1 saturated carbocycles. The van der Waals surface area contributed by atoms with Crippen LogP contribution in [0.3, 0.4) is 0 Å². The molecule has 3 nitrogen and oxygen atoms in total. The highest BCUT2D eigenvalue weighted by atomic mass is 79.9. The molecule has 0 heterocycles. The number of halogens is 1. The molecule has 17 heavy (non-hydrogen) atoms. The number of urea groups is 1. The maximum Gasteiger partial charge on any atom is 0.317 e. The number of benzene rings is 1. The van der Waals surface area contributed by atoms with Gasteiger partial charge in [0.15, 0.2) is 0 Å². The van der Waals surface area contributed by atoms with Crippen LogP contribution in [0.2, 0.25) is 0 Å². The SMILES string of the molecule is CN(Cc1cccc(Br)c1)C(=O)NC1CCC1. The van der Waals surface area contributed by atoms with Crippen molar-refractivity contribution < 1.29 is 4.79 Å². The number of carbonyl (C=O) groups is 1. The fourth-order valence-corrected chi connectivity index (χ4v) is 2.27. The highest BCUT2D eigenvalue weighted by Gasteiger charge is 2.20. The second-order valence-corrected chi connectivity index (χ2v) is 5.48. The van der Waals surface area contributed by atoms with Gasteiger partial charge in [-0.1, -0.05) is 28.1 Å². The summed E-state index contributed by atoms with van der Waals surface area (Å²) < 4.78 is 1.04. The van der Waals surface area contributed by atoms with Gasteiger partial charge in [-0.2, -0.15) is 0 Å². The Balaban J connectivity index is 1.87. The quantitative estimate of drug-likeness (QED) is 0.913. The van der Waals surface area contributed by atoms with Crippen LogP contribution in [0.25, 0.3) is 0 Å². The Labute approximate surface area is 110 Å². The van der Waals surface area contributed by atoms with Crippen LogP contribution in [0.15, 0.2) is 28.7 Å². The van der Waals surface area contributed by atoms with Crippen LogP contribution in [-0.2, 0) is 6.54 Å². The first kappa shape index (κ1) is 12.4. The molecule has 1 N–H and O–H groups in total. The van der Waals surface area contributed by atoms with Crippen molar-refractivity contribution in [2.24, 2.45) is 0 Å². The van der Waals surface area contributed by atoms with Crippen molar-refractivity contribution in [1.29, 1.82) is 0 Å². The summed E-state index contributed by atoms with van der Waals surface area (Å²) in [5.74, 6) is 0. The van der Waals surface area contributed by atoms with Gasteiger partial charge in [0.1, 0.15) is 0 Å². The van der Waals surface area contributed by atoms with Crippen molar-refractivity contribution >= 4 is 22.0 Å². The number of carbonyl (C=O) groups excluding carboxylic acids is 1. The molecule has 0 saturated heterocycles. The van der Waals surface area contributed by atoms with Gasteiger partial charge in [0.25, 0.3) is 0 Å². The van der Waals surface area contributed by atoms with Gasteiger partial charge >= 0.3 is 6.03 Å². The predicted octanol–water partition coefficient (Wildman–Crippen LogP) is 3.14. The van der Waals surface area contributed by atoms with Gasteiger partial charge in [-0.05, 0) is 37.0 Å². The van der Waals surface area contributed by atoms with E-state index in [1.54, 1.807) is 4.90 Å². The molecule has 2 rings (SSSR count). The molecule has 1 aliphatic rings. The third-order valence-electron chi connectivity index (χ3n) is 3.09. The normalized spacial score (nSPS) is 15.2. The molecule has 0 spiro atoms. The molecular formula is C13H17BrN2O. The summed E-state index contributed by atoms with van der Waals surface area (Å²) in [6.07, 6.45) is 3.48. The van der Waals surface area contributed by atoms with Gasteiger partial charge in [-0.15, -0.1) is 0 Å². The van der Waals surface area contributed by atoms with Gasteiger partial charge in [0.2, 0.25) is 0 Å². The maximum absolute atomic E-state index is 11.8. The molecule has 1 aliphatic carbocycles. The molecule has 1 aromatic carbocycles. The Hall–Kier alpha value is -1.03. The third kappa shape index (κ3) is 3.46. The summed E-state index contributed by atoms with van der Waals surface area (Å²) in [4.78, 5) is 13.6. The second-order valence-electron chi connectivity index (χ2n) is 4.56. The number of hydrogen-bond acceptors (Lipinski definition) is 1. The molecule has 0 unspecified atom stereocenters. The molecule has 0 aliphatic heterocycles. The highest BCUT2D eigenvalue weighted by molar-refractivity contribution is 9.10. The van der Waals surface area contributed by atoms with Gasteiger partial charge in [-0.3, -0.25) is 0 Å². The molecule has 0 atom stereocenters. The van der Waals surface area contributed by atoms with Gasteiger partial charge in [0.05, 0.1) is 0 Å². The van der Waals surface area contributed by atoms with Crippen LogP contribution < -0.4 is 5.32 Å². The monoisotopic (exact) mass is 296 g/mol. The fraction of sp³-hybridized carbons (Fsp3) is 0.462. The molecule has 92 valence electrons. The van der Waals surface area contributed by atoms with E-state index in [-0.39, 0.29) is 6.03 Å². The minimum absolute atomic E-state index is 0.0228. The first-order valence-electron chi connectivity index (χ1n) is 5.91. The molecule has 1 aromatic rings. The molecule has 0 aromatic heterocycles. The minimum atomic E-state index is 0.0228. The highest BCUT2D eigenvalue weighted by Crippen LogP contribution is 2.18. The Bertz CT molecular complexity index is 404. The largest absolute Gasteiger partial charge is 0.335 e. The van der Waals surface area contributed by atoms with Gasteiger partial charge < -0.3 is 10.2 Å². The van der Waals surface area contributed by atoms with E-state index in [0.717, 1.165) is 22.9 Å². The summed E-state index contributed by atoms with van der Waals surface area (Å²) in [6, 6.07) is 8.45. The first-order valence-corrected chi connectivity index (χ1v) is 6.70. The maximum atomic E-state index is 11.8. The number of amides is 2. The molecule has 4 heteroatoms. The molecular weight excluding hydrogens is 280 g/mol. The van der Waals surface area contributed by atoms with E-state index in [4.69, 9.17) is 0 Å². The third-order valence-corrected chi connectivity index (χ3v) is 3.58. The molecule has 2 amide bonds. The van der Waals surface area contributed by atoms with Gasteiger partial charge in [0, 0.05) is 24.1 Å². The average Bonchev–Trinajstić information content (AvgIpc) is 2.23. The van der Waals surface area contributed by atoms with E-state index in [2.05, 4.69) is 21.2 Å². The van der Waals surface area contributed by atoms with E-state index in [9.17, 15) is 4.79 Å². The fourth-order valence-electron chi connectivity index (χ4n) is 1.82. The number of hydrogen-bond donors (Lipinski definition) is 1. The smallest absolute Gasteiger partial charge is 0.317 e. The number of nitrogens with zero attached hydrogens (tertiary/aromatic N) is 1. The zero-order valence-electron chi connectivity index (χ0n) is 9.95. The summed E-state index contributed by atoms with van der Waals surface area (Å²) >= 11 is 3.43. The Morgan fingerprint density at radius 3 is 2.88 bits per heavy atom. The van der Waals surface area contributed by atoms with Crippen LogP contribution in [0, 0.1) is 0 Å². The van der Waals surface area contributed by atoms with Crippen molar-refractivity contribution in [2.45, 2.75) is 31.8 Å². The lowest BCUT2D eigenvalue weighted by Crippen LogP contribution is -2.45. The van der Waals surface area contributed by atoms with Crippen molar-refractivity contribution in [1.82, 2.24) is 10.2 Å². The Morgan fingerprint density at radius 1 is 1.53 bits per heavy atom. The van der Waals surface area contributed by atoms with Crippen molar-refractivity contribution in [3.63, 3.8) is 0 Å². The summed E-state index contributed by atoms with van der Waals surface area (Å²) in [5, 5.41) is 3.03. The van der Waals surface area contributed by atoms with Crippen molar-refractivity contribution in [2.75, 3.05) is 7.05 Å². The lowest BCUT2D eigenvalue weighted by molar-refractivity contribution is 0.195. The van der Waals surface area contributed by atoms with E-state index in [1.165, 1.54) is 6.42 Å². The van der Waals surface area contributed by atoms with E-state index in [1.807, 2.05) is 31.3 Å². The van der Waals surface area contributed by atoms with Crippen molar-refractivity contribution in [3.05, 3.63) is 34.3 Å². The first-order chi connectivity index (χ1) is 8.15. The van der Waals surface area contributed by atoms with Crippen molar-refractivity contribution in [3.8, 4) is 0 Å². The number of nitrogens with one attached hydrogen (secondary N) is 1. The predicted molar refractivity (Wildman–Crippen MR) is 71.8 cm³/mol. The zero-order chi connectivity index (χ0) is 12.3. The lowest BCUT2D eigenvalue weighted by atomic mass is 9.93. The Kier molecular flexibility index (Phi) is 4.05. The standard InChI is InChI=1S/C13H17BrN2O/c1-16(13(17)15-12-6-3-7-12)9-10-4-2-5-11(14)8-10/h2,4-5,8,12H,3,6-7,9H2,1H3,(H,15,17). The zero-order valence-corrected chi connectivity index (χ0v) is 11.5. The van der Waals surface area contributed by atoms with E-state index in [0.29, 0.717) is 12.6 Å². The van der Waals surface area contributed by atoms with Crippen LogP contribution in [0.1, 0.15) is 24.8 Å². The Morgan fingerprint density at radius 2 is 2.29 bits per heavy atom. The molecule has 0 radical (unpaired) electrons. The van der Waals surface area contributed by atoms with Crippen LogP contribution in [0.5, 0.6) is 0 Å². The van der Waals surface area contributed by atoms with E-state index < -0.39 is 0 Å². The topological polar surface area (TPSA) is 32.3 Å². The van der Waals surface area contributed by atoms with Crippen LogP contribution in [0.4, 0.5) is 4.79 Å². The second kappa shape index (κ2) is 5.54. The summed E-state index contributed by atoms with van der Waals surface area (Å²) in [5.41, 5.74) is 1.13. The van der Waals surface area contributed by atoms with Gasteiger partial charge in [-0.25, -0.2) is 4.79 Å². The minimum Gasteiger partial charge on any atom is -0.335 e. The number of rotatable bonds is 3. The average molecular weight is 297 g/mol. The molecule has 1 fully saturated rings. The van der Waals surface area contributed by atoms with Crippen LogP contribution >= 0.6 is 15.9 Å². The summed E-state index contributed by atoms with van der Waals surface area (Å²) in [6.45, 7) is 0.637. The summed E-state index contributed by atoms with van der Waals surface area (Å²) in [7, 11) is 1.83.